The summed E-state index contributed by atoms with van der Waals surface area (Å²) in [5.41, 5.74) is 2.13. The van der Waals surface area contributed by atoms with Crippen molar-refractivity contribution >= 4 is 13.9 Å². The summed E-state index contributed by atoms with van der Waals surface area (Å²) >= 11 is 0. The van der Waals surface area contributed by atoms with Crippen molar-refractivity contribution < 1.29 is 14.5 Å². The van der Waals surface area contributed by atoms with Crippen molar-refractivity contribution in [3.8, 4) is 5.63 Å². The zero-order valence-electron chi connectivity index (χ0n) is 3.87. The van der Waals surface area contributed by atoms with Gasteiger partial charge in [-0.1, -0.05) is 0 Å². The van der Waals surface area contributed by atoms with Crippen molar-refractivity contribution in [2.45, 2.75) is 0 Å². The quantitative estimate of drug-likeness (QED) is 0.423. The van der Waals surface area contributed by atoms with Crippen LogP contribution in [0.3, 0.4) is 0 Å². The first-order valence-electron chi connectivity index (χ1n) is 1.74. The fourth-order valence-electron chi connectivity index (χ4n) is 0.139. The van der Waals surface area contributed by atoms with Gasteiger partial charge in [-0.2, -0.15) is 0 Å². The average molecular weight is 130 g/mol. The Morgan fingerprint density at radius 3 is 2.75 bits per heavy atom. The number of carboxylic acids is 1. The molecule has 0 atom stereocenters. The minimum absolute atomic E-state index is 0.300. The first kappa shape index (κ1) is 7.22. The molecule has 0 bridgehead atoms. The molecule has 4 heteroatoms. The van der Waals surface area contributed by atoms with Crippen LogP contribution in [0.15, 0.2) is 12.2 Å². The molecule has 0 aliphatic heterocycles. The first-order valence-corrected chi connectivity index (χ1v) is 2.56. The molecule has 0 aliphatic rings. The molecule has 0 amide bonds. The third-order valence-corrected chi connectivity index (χ3v) is 0.608. The van der Waals surface area contributed by atoms with Crippen LogP contribution in [0.25, 0.3) is 0 Å². The summed E-state index contributed by atoms with van der Waals surface area (Å²) in [6.45, 7) is 0. The summed E-state index contributed by atoms with van der Waals surface area (Å²) in [6, 6.07) is 0. The molecule has 0 aliphatic carbocycles. The van der Waals surface area contributed by atoms with Crippen molar-refractivity contribution in [2.24, 2.45) is 0 Å². The second-order valence-electron chi connectivity index (χ2n) is 0.892. The number of carbonyl (C=O) groups is 1. The number of carboxylic acid groups (broad SMARTS) is 1. The van der Waals surface area contributed by atoms with Gasteiger partial charge in [0.05, 0.1) is 0 Å². The van der Waals surface area contributed by atoms with Crippen LogP contribution in [-0.4, -0.2) is 11.1 Å². The van der Waals surface area contributed by atoms with E-state index in [4.69, 9.17) is 5.11 Å². The minimum atomic E-state index is -1.07. The molecule has 0 saturated carbocycles. The van der Waals surface area contributed by atoms with E-state index < -0.39 is 5.97 Å². The van der Waals surface area contributed by atoms with E-state index in [2.05, 4.69) is 5.63 Å². The fraction of sp³-hybridized carbons (Fsp3) is 0. The molecular weight excluding hydrogens is 127 g/mol. The van der Waals surface area contributed by atoms with Gasteiger partial charge in [0.15, 0.2) is 0 Å². The number of hydrogen-bond acceptors (Lipinski definition) is 2. The Kier molecular flexibility index (Phi) is 3.95. The van der Waals surface area contributed by atoms with Crippen molar-refractivity contribution in [3.05, 3.63) is 12.2 Å². The van der Waals surface area contributed by atoms with Crippen LogP contribution >= 0.6 is 7.92 Å². The number of rotatable bonds is 1. The van der Waals surface area contributed by atoms with Gasteiger partial charge < -0.3 is 0 Å². The van der Waals surface area contributed by atoms with Gasteiger partial charge in [-0.05, 0) is 0 Å². The molecule has 3 nitrogen and oxygen atoms in total. The number of aliphatic carboxylic acids is 1. The molecule has 0 aromatic rings. The molecule has 0 spiro atoms. The third kappa shape index (κ3) is 5.22. The Hall–Kier alpha value is -0.780. The Labute approximate surface area is 47.1 Å². The van der Waals surface area contributed by atoms with Crippen LogP contribution in [0.2, 0.25) is 0 Å². The Morgan fingerprint density at radius 1 is 1.75 bits per heavy atom. The second-order valence-corrected chi connectivity index (χ2v) is 1.33. The molecule has 0 rings (SSSR count). The van der Waals surface area contributed by atoms with E-state index in [1.54, 1.807) is 0 Å². The van der Waals surface area contributed by atoms with Crippen molar-refractivity contribution in [2.75, 3.05) is 0 Å². The standard InChI is InChI=1S/C4H3O3P/c5-4(6)2-1-3-8-7/h1-2H,(H,5,6). The third-order valence-electron chi connectivity index (χ3n) is 0.353. The zero-order valence-corrected chi connectivity index (χ0v) is 4.76. The summed E-state index contributed by atoms with van der Waals surface area (Å²) in [6.07, 6.45) is 1.93. The number of hydrogen-bond donors (Lipinski definition) is 1. The molecule has 0 fully saturated rings. The SMILES string of the molecule is O=P#CC=CC(=O)O. The zero-order chi connectivity index (χ0) is 6.41. The molecular formula is C4H3O3P. The van der Waals surface area contributed by atoms with Gasteiger partial charge in [-0.15, -0.1) is 0 Å². The number of allylic oxidation sites excluding steroid dienone is 1. The molecule has 42 valence electrons. The molecule has 0 aromatic heterocycles. The normalized spacial score (nSPS) is 8.50. The summed E-state index contributed by atoms with van der Waals surface area (Å²) in [5.74, 6) is -1.07. The van der Waals surface area contributed by atoms with E-state index in [0.717, 1.165) is 12.2 Å². The Morgan fingerprint density at radius 2 is 2.38 bits per heavy atom. The molecule has 0 unspecified atom stereocenters. The summed E-state index contributed by atoms with van der Waals surface area (Å²) in [7, 11) is -0.300. The monoisotopic (exact) mass is 130 g/mol. The van der Waals surface area contributed by atoms with Gasteiger partial charge >= 0.3 is 46.1 Å². The van der Waals surface area contributed by atoms with Crippen molar-refractivity contribution in [3.63, 3.8) is 0 Å². The molecule has 0 saturated heterocycles. The summed E-state index contributed by atoms with van der Waals surface area (Å²) in [4.78, 5) is 9.64. The van der Waals surface area contributed by atoms with Crippen molar-refractivity contribution in [1.82, 2.24) is 0 Å². The molecule has 0 aromatic carbocycles. The molecule has 1 N–H and O–H groups in total. The molecule has 0 radical (unpaired) electrons. The fourth-order valence-corrected chi connectivity index (χ4v) is 0.274. The van der Waals surface area contributed by atoms with Gasteiger partial charge in [0, 0.05) is 0 Å². The molecule has 0 heterocycles. The topological polar surface area (TPSA) is 54.4 Å². The summed E-state index contributed by atoms with van der Waals surface area (Å²) < 4.78 is 9.53. The van der Waals surface area contributed by atoms with Crippen molar-refractivity contribution in [1.29, 1.82) is 0 Å². The van der Waals surface area contributed by atoms with E-state index in [0.29, 0.717) is 0 Å². The van der Waals surface area contributed by atoms with Gasteiger partial charge in [0.2, 0.25) is 0 Å². The van der Waals surface area contributed by atoms with Crippen LogP contribution in [0.4, 0.5) is 0 Å². The predicted octanol–water partition coefficient (Wildman–Crippen LogP) is 0.878. The van der Waals surface area contributed by atoms with Crippen LogP contribution in [0, 0.1) is 5.63 Å². The summed E-state index contributed by atoms with van der Waals surface area (Å²) in [5, 5.41) is 7.91. The van der Waals surface area contributed by atoms with Gasteiger partial charge in [-0.3, -0.25) is 0 Å². The van der Waals surface area contributed by atoms with Gasteiger partial charge in [-0.25, -0.2) is 0 Å². The Balaban J connectivity index is 3.79. The van der Waals surface area contributed by atoms with Crippen LogP contribution in [0.1, 0.15) is 0 Å². The van der Waals surface area contributed by atoms with Crippen LogP contribution in [0.5, 0.6) is 0 Å². The second kappa shape index (κ2) is 4.38. The van der Waals surface area contributed by atoms with E-state index in [1.165, 1.54) is 0 Å². The molecule has 8 heavy (non-hydrogen) atoms. The van der Waals surface area contributed by atoms with Gasteiger partial charge in [0.1, 0.15) is 0 Å². The Bertz CT molecular complexity index is 198. The van der Waals surface area contributed by atoms with Crippen LogP contribution < -0.4 is 0 Å². The van der Waals surface area contributed by atoms with E-state index in [1.807, 2.05) is 0 Å². The van der Waals surface area contributed by atoms with Crippen LogP contribution in [-0.2, 0) is 9.36 Å². The average Bonchev–Trinajstić information content (AvgIpc) is 1.66. The van der Waals surface area contributed by atoms with E-state index in [9.17, 15) is 9.36 Å². The van der Waals surface area contributed by atoms with E-state index in [-0.39, 0.29) is 7.92 Å². The maximum absolute atomic E-state index is 9.64. The predicted molar refractivity (Wildman–Crippen MR) is 28.3 cm³/mol. The van der Waals surface area contributed by atoms with Gasteiger partial charge in [0.25, 0.3) is 0 Å². The first-order chi connectivity index (χ1) is 3.77. The maximum atomic E-state index is 9.64. The van der Waals surface area contributed by atoms with E-state index >= 15 is 0 Å².